The van der Waals surface area contributed by atoms with Crippen molar-refractivity contribution in [2.75, 3.05) is 66.0 Å². The molecule has 2 atom stereocenters. The fourth-order valence-corrected chi connectivity index (χ4v) is 4.18. The van der Waals surface area contributed by atoms with E-state index in [1.165, 1.54) is 25.9 Å². The number of piperazine rings is 1. The number of hydrogen-bond donors (Lipinski definition) is 1. The van der Waals surface area contributed by atoms with Gasteiger partial charge < -0.3 is 24.8 Å². The van der Waals surface area contributed by atoms with Gasteiger partial charge in [0.25, 0.3) is 5.91 Å². The number of carbonyl (C=O) groups excluding carboxylic acids is 1. The Labute approximate surface area is 180 Å². The molecule has 0 radical (unpaired) electrons. The molecule has 0 aromatic rings. The molecule has 0 aromatic carbocycles. The standard InChI is InChI=1S/C19H35N5O2.HI/c1-16(15-22-7-3-4-8-22)14-21-19(20-2)24-11-9-23(10-12-24)18(25)17-6-5-13-26-17;/h16-17H,3-15H2,1-2H3,(H,20,21);1H. The van der Waals surface area contributed by atoms with E-state index in [4.69, 9.17) is 4.74 Å². The molecule has 7 nitrogen and oxygen atoms in total. The molecular weight excluding hydrogens is 457 g/mol. The van der Waals surface area contributed by atoms with E-state index in [-0.39, 0.29) is 36.0 Å². The lowest BCUT2D eigenvalue weighted by Crippen LogP contribution is -2.55. The highest BCUT2D eigenvalue weighted by Gasteiger charge is 2.31. The first-order chi connectivity index (χ1) is 12.7. The lowest BCUT2D eigenvalue weighted by atomic mass is 10.1. The molecule has 1 N–H and O–H groups in total. The SMILES string of the molecule is CN=C(NCC(C)CN1CCCC1)N1CCN(C(=O)C2CCCO2)CC1.I. The Bertz CT molecular complexity index is 484. The molecule has 1 amide bonds. The number of nitrogens with zero attached hydrogens (tertiary/aromatic N) is 4. The summed E-state index contributed by atoms with van der Waals surface area (Å²) in [6, 6.07) is 0. The van der Waals surface area contributed by atoms with E-state index in [1.807, 2.05) is 11.9 Å². The Balaban J connectivity index is 0.00000261. The minimum absolute atomic E-state index is 0. The molecule has 8 heteroatoms. The summed E-state index contributed by atoms with van der Waals surface area (Å²) in [6.45, 7) is 10.8. The van der Waals surface area contributed by atoms with Crippen LogP contribution in [-0.4, -0.2) is 98.7 Å². The number of guanidine groups is 1. The van der Waals surface area contributed by atoms with Crippen molar-refractivity contribution in [1.29, 1.82) is 0 Å². The van der Waals surface area contributed by atoms with Crippen molar-refractivity contribution >= 4 is 35.8 Å². The van der Waals surface area contributed by atoms with Crippen molar-refractivity contribution < 1.29 is 9.53 Å². The van der Waals surface area contributed by atoms with Gasteiger partial charge in [-0.2, -0.15) is 0 Å². The molecule has 2 unspecified atom stereocenters. The van der Waals surface area contributed by atoms with Crippen molar-refractivity contribution in [2.45, 2.75) is 38.7 Å². The Kier molecular flexibility index (Phi) is 9.58. The summed E-state index contributed by atoms with van der Waals surface area (Å²) in [5.41, 5.74) is 0. The first-order valence-electron chi connectivity index (χ1n) is 10.3. The van der Waals surface area contributed by atoms with Gasteiger partial charge in [-0.25, -0.2) is 0 Å². The number of nitrogens with one attached hydrogen (secondary N) is 1. The Morgan fingerprint density at radius 2 is 1.78 bits per heavy atom. The number of carbonyl (C=O) groups is 1. The molecule has 3 aliphatic heterocycles. The van der Waals surface area contributed by atoms with Crippen molar-refractivity contribution in [3.8, 4) is 0 Å². The fraction of sp³-hybridized carbons (Fsp3) is 0.895. The normalized spacial score (nSPS) is 25.4. The average molecular weight is 493 g/mol. The molecular formula is C19H36IN5O2. The zero-order chi connectivity index (χ0) is 18.4. The van der Waals surface area contributed by atoms with Crippen LogP contribution in [0.1, 0.15) is 32.6 Å². The second-order valence-electron chi connectivity index (χ2n) is 7.85. The summed E-state index contributed by atoms with van der Waals surface area (Å²) < 4.78 is 5.54. The first-order valence-corrected chi connectivity index (χ1v) is 10.3. The van der Waals surface area contributed by atoms with Gasteiger partial charge in [0, 0.05) is 52.9 Å². The molecule has 3 fully saturated rings. The van der Waals surface area contributed by atoms with E-state index in [2.05, 4.69) is 27.0 Å². The zero-order valence-electron chi connectivity index (χ0n) is 16.9. The number of amides is 1. The van der Waals surface area contributed by atoms with Gasteiger partial charge >= 0.3 is 0 Å². The molecule has 0 saturated carbocycles. The minimum Gasteiger partial charge on any atom is -0.368 e. The topological polar surface area (TPSA) is 60.4 Å². The third-order valence-electron chi connectivity index (χ3n) is 5.68. The quantitative estimate of drug-likeness (QED) is 0.355. The average Bonchev–Trinajstić information content (AvgIpc) is 3.36. The molecule has 3 aliphatic rings. The van der Waals surface area contributed by atoms with Gasteiger partial charge in [0.15, 0.2) is 5.96 Å². The maximum Gasteiger partial charge on any atom is 0.251 e. The molecule has 3 saturated heterocycles. The molecule has 0 aliphatic carbocycles. The number of likely N-dealkylation sites (tertiary alicyclic amines) is 1. The van der Waals surface area contributed by atoms with Gasteiger partial charge in [0.1, 0.15) is 6.10 Å². The van der Waals surface area contributed by atoms with Gasteiger partial charge in [-0.3, -0.25) is 9.79 Å². The number of ether oxygens (including phenoxy) is 1. The maximum absolute atomic E-state index is 12.5. The number of halogens is 1. The minimum atomic E-state index is -0.203. The van der Waals surface area contributed by atoms with E-state index in [0.717, 1.165) is 64.7 Å². The predicted octanol–water partition coefficient (Wildman–Crippen LogP) is 1.23. The van der Waals surface area contributed by atoms with E-state index >= 15 is 0 Å². The van der Waals surface area contributed by atoms with Crippen molar-refractivity contribution in [3.63, 3.8) is 0 Å². The molecule has 3 heterocycles. The van der Waals surface area contributed by atoms with Crippen LogP contribution in [0.25, 0.3) is 0 Å². The maximum atomic E-state index is 12.5. The van der Waals surface area contributed by atoms with Crippen LogP contribution >= 0.6 is 24.0 Å². The highest BCUT2D eigenvalue weighted by Crippen LogP contribution is 2.16. The van der Waals surface area contributed by atoms with Crippen LogP contribution in [0, 0.1) is 5.92 Å². The largest absolute Gasteiger partial charge is 0.368 e. The number of hydrogen-bond acceptors (Lipinski definition) is 4. The molecule has 156 valence electrons. The first kappa shape index (κ1) is 22.7. The van der Waals surface area contributed by atoms with Crippen molar-refractivity contribution in [2.24, 2.45) is 10.9 Å². The van der Waals surface area contributed by atoms with Gasteiger partial charge in [0.05, 0.1) is 0 Å². The summed E-state index contributed by atoms with van der Waals surface area (Å²) in [4.78, 5) is 23.7. The smallest absolute Gasteiger partial charge is 0.251 e. The Morgan fingerprint density at radius 3 is 2.37 bits per heavy atom. The Hall–Kier alpha value is -0.610. The van der Waals surface area contributed by atoms with Crippen LogP contribution in [-0.2, 0) is 9.53 Å². The molecule has 0 bridgehead atoms. The van der Waals surface area contributed by atoms with Gasteiger partial charge in [-0.1, -0.05) is 6.92 Å². The molecule has 27 heavy (non-hydrogen) atoms. The molecule has 3 rings (SSSR count). The summed E-state index contributed by atoms with van der Waals surface area (Å²) in [7, 11) is 1.84. The second-order valence-corrected chi connectivity index (χ2v) is 7.85. The summed E-state index contributed by atoms with van der Waals surface area (Å²) in [5, 5.41) is 3.53. The highest BCUT2D eigenvalue weighted by atomic mass is 127. The van der Waals surface area contributed by atoms with Crippen LogP contribution in [0.15, 0.2) is 4.99 Å². The predicted molar refractivity (Wildman–Crippen MR) is 119 cm³/mol. The lowest BCUT2D eigenvalue weighted by Gasteiger charge is -2.37. The van der Waals surface area contributed by atoms with Crippen LogP contribution in [0.5, 0.6) is 0 Å². The van der Waals surface area contributed by atoms with Crippen LogP contribution in [0.2, 0.25) is 0 Å². The highest BCUT2D eigenvalue weighted by molar-refractivity contribution is 14.0. The number of rotatable bonds is 5. The summed E-state index contributed by atoms with van der Waals surface area (Å²) in [5.74, 6) is 1.74. The van der Waals surface area contributed by atoms with Crippen LogP contribution < -0.4 is 5.32 Å². The third kappa shape index (κ3) is 6.45. The lowest BCUT2D eigenvalue weighted by molar-refractivity contribution is -0.142. The van der Waals surface area contributed by atoms with Gasteiger partial charge in [-0.15, -0.1) is 24.0 Å². The number of aliphatic imine (C=N–C) groups is 1. The monoisotopic (exact) mass is 493 g/mol. The van der Waals surface area contributed by atoms with Gasteiger partial charge in [-0.05, 0) is 44.7 Å². The summed E-state index contributed by atoms with van der Waals surface area (Å²) in [6.07, 6.45) is 4.36. The Morgan fingerprint density at radius 1 is 1.11 bits per heavy atom. The second kappa shape index (κ2) is 11.4. The van der Waals surface area contributed by atoms with Crippen molar-refractivity contribution in [3.05, 3.63) is 0 Å². The van der Waals surface area contributed by atoms with E-state index in [1.54, 1.807) is 0 Å². The van der Waals surface area contributed by atoms with E-state index in [9.17, 15) is 4.79 Å². The van der Waals surface area contributed by atoms with Gasteiger partial charge in [0.2, 0.25) is 0 Å². The summed E-state index contributed by atoms with van der Waals surface area (Å²) >= 11 is 0. The van der Waals surface area contributed by atoms with Crippen LogP contribution in [0.3, 0.4) is 0 Å². The van der Waals surface area contributed by atoms with E-state index in [0.29, 0.717) is 5.92 Å². The van der Waals surface area contributed by atoms with Crippen LogP contribution in [0.4, 0.5) is 0 Å². The van der Waals surface area contributed by atoms with E-state index < -0.39 is 0 Å². The molecule has 0 spiro atoms. The zero-order valence-corrected chi connectivity index (χ0v) is 19.2. The molecule has 0 aromatic heterocycles. The fourth-order valence-electron chi connectivity index (χ4n) is 4.18. The van der Waals surface area contributed by atoms with Crippen molar-refractivity contribution in [1.82, 2.24) is 20.0 Å². The third-order valence-corrected chi connectivity index (χ3v) is 5.68.